The van der Waals surface area contributed by atoms with Gasteiger partial charge in [-0.3, -0.25) is 10.1 Å². The average molecular weight is 537 g/mol. The molecule has 3 aromatic rings. The third-order valence-corrected chi connectivity index (χ3v) is 6.81. The van der Waals surface area contributed by atoms with Gasteiger partial charge in [0.1, 0.15) is 12.6 Å². The first-order chi connectivity index (χ1) is 16.8. The van der Waals surface area contributed by atoms with Gasteiger partial charge in [-0.15, -0.1) is 0 Å². The maximum atomic E-state index is 12.7. The molecule has 0 saturated heterocycles. The fourth-order valence-electron chi connectivity index (χ4n) is 4.30. The molecular weight excluding hydrogens is 512 g/mol. The summed E-state index contributed by atoms with van der Waals surface area (Å²) in [7, 11) is 0. The third-order valence-electron chi connectivity index (χ3n) is 6.15. The van der Waals surface area contributed by atoms with Crippen molar-refractivity contribution < 1.29 is 24.2 Å². The van der Waals surface area contributed by atoms with Gasteiger partial charge in [0.05, 0.1) is 5.56 Å². The first-order valence-corrected chi connectivity index (χ1v) is 12.0. The van der Waals surface area contributed by atoms with Crippen LogP contribution in [0.4, 0.5) is 10.5 Å². The smallest absolute Gasteiger partial charge is 0.411 e. The SMILES string of the molecule is CC[C@@H](NC(=O)c1cc(NC(=O)OCC2c3ccccc3-c3ccccc32)c(C)cc1Br)C(=O)O. The monoisotopic (exact) mass is 536 g/mol. The fourth-order valence-corrected chi connectivity index (χ4v) is 4.94. The molecule has 3 N–H and O–H groups in total. The molecule has 4 rings (SSSR count). The number of aryl methyl sites for hydroxylation is 1. The second-order valence-corrected chi connectivity index (χ2v) is 9.22. The molecule has 0 radical (unpaired) electrons. The van der Waals surface area contributed by atoms with Gasteiger partial charge in [0.2, 0.25) is 0 Å². The Balaban J connectivity index is 1.48. The van der Waals surface area contributed by atoms with Gasteiger partial charge in [-0.2, -0.15) is 0 Å². The van der Waals surface area contributed by atoms with E-state index in [1.54, 1.807) is 19.9 Å². The van der Waals surface area contributed by atoms with E-state index < -0.39 is 24.0 Å². The lowest BCUT2D eigenvalue weighted by atomic mass is 9.98. The number of carboxylic acid groups (broad SMARTS) is 1. The second kappa shape index (κ2) is 10.3. The van der Waals surface area contributed by atoms with E-state index in [1.807, 2.05) is 36.4 Å². The Kier molecular flexibility index (Phi) is 7.21. The molecule has 0 saturated carbocycles. The Hall–Kier alpha value is -3.65. The van der Waals surface area contributed by atoms with Crippen LogP contribution in [0.5, 0.6) is 0 Å². The summed E-state index contributed by atoms with van der Waals surface area (Å²) in [6.45, 7) is 3.63. The molecule has 0 fully saturated rings. The predicted octanol–water partition coefficient (Wildman–Crippen LogP) is 5.71. The molecule has 180 valence electrons. The zero-order valence-electron chi connectivity index (χ0n) is 19.3. The van der Waals surface area contributed by atoms with Crippen molar-refractivity contribution in [2.45, 2.75) is 32.2 Å². The van der Waals surface area contributed by atoms with E-state index in [4.69, 9.17) is 4.74 Å². The number of rotatable bonds is 7. The highest BCUT2D eigenvalue weighted by Gasteiger charge is 2.29. The Morgan fingerprint density at radius 2 is 1.63 bits per heavy atom. The van der Waals surface area contributed by atoms with E-state index in [0.29, 0.717) is 15.7 Å². The van der Waals surface area contributed by atoms with Gasteiger partial charge >= 0.3 is 12.1 Å². The van der Waals surface area contributed by atoms with Gasteiger partial charge in [-0.05, 0) is 69.2 Å². The Labute approximate surface area is 211 Å². The Bertz CT molecular complexity index is 1260. The molecule has 0 aromatic heterocycles. The number of carboxylic acids is 1. The van der Waals surface area contributed by atoms with Crippen LogP contribution in [0.2, 0.25) is 0 Å². The lowest BCUT2D eigenvalue weighted by Crippen LogP contribution is -2.40. The number of fused-ring (bicyclic) bond motifs is 3. The Morgan fingerprint density at radius 3 is 2.20 bits per heavy atom. The van der Waals surface area contributed by atoms with Gasteiger partial charge in [0, 0.05) is 16.1 Å². The van der Waals surface area contributed by atoms with Crippen molar-refractivity contribution in [3.05, 3.63) is 87.4 Å². The second-order valence-electron chi connectivity index (χ2n) is 8.37. The minimum atomic E-state index is -1.11. The molecule has 0 spiro atoms. The van der Waals surface area contributed by atoms with Crippen LogP contribution >= 0.6 is 15.9 Å². The molecule has 2 amide bonds. The van der Waals surface area contributed by atoms with E-state index in [1.165, 1.54) is 6.07 Å². The van der Waals surface area contributed by atoms with Crippen LogP contribution in [-0.2, 0) is 9.53 Å². The number of anilines is 1. The van der Waals surface area contributed by atoms with Crippen LogP contribution in [0.15, 0.2) is 65.1 Å². The van der Waals surface area contributed by atoms with E-state index >= 15 is 0 Å². The summed E-state index contributed by atoms with van der Waals surface area (Å²) in [4.78, 5) is 36.7. The number of halogens is 1. The molecular formula is C27H25BrN2O5. The third kappa shape index (κ3) is 5.07. The summed E-state index contributed by atoms with van der Waals surface area (Å²) in [5, 5.41) is 14.4. The standard InChI is InChI=1S/C27H25BrN2O5/c1-3-23(26(32)33)29-25(31)20-13-24(15(2)12-22(20)28)30-27(34)35-14-21-18-10-6-4-8-16(18)17-9-5-7-11-19(17)21/h4-13,21,23H,3,14H2,1-2H3,(H,29,31)(H,30,34)(H,32,33)/t23-/m1/s1. The number of nitrogens with one attached hydrogen (secondary N) is 2. The van der Waals surface area contributed by atoms with Crippen molar-refractivity contribution in [2.24, 2.45) is 0 Å². The fraction of sp³-hybridized carbons (Fsp3) is 0.222. The summed E-state index contributed by atoms with van der Waals surface area (Å²) in [6, 6.07) is 18.4. The number of aliphatic carboxylic acids is 1. The first-order valence-electron chi connectivity index (χ1n) is 11.3. The number of ether oxygens (including phenoxy) is 1. The zero-order chi connectivity index (χ0) is 25.1. The van der Waals surface area contributed by atoms with Crippen molar-refractivity contribution in [3.8, 4) is 11.1 Å². The number of carbonyl (C=O) groups excluding carboxylic acids is 2. The van der Waals surface area contributed by atoms with Crippen molar-refractivity contribution in [3.63, 3.8) is 0 Å². The highest BCUT2D eigenvalue weighted by molar-refractivity contribution is 9.10. The maximum Gasteiger partial charge on any atom is 0.411 e. The topological polar surface area (TPSA) is 105 Å². The number of carbonyl (C=O) groups is 3. The highest BCUT2D eigenvalue weighted by atomic mass is 79.9. The molecule has 0 bridgehead atoms. The van der Waals surface area contributed by atoms with E-state index in [-0.39, 0.29) is 24.5 Å². The maximum absolute atomic E-state index is 12.7. The lowest BCUT2D eigenvalue weighted by molar-refractivity contribution is -0.139. The van der Waals surface area contributed by atoms with Crippen molar-refractivity contribution in [2.75, 3.05) is 11.9 Å². The largest absolute Gasteiger partial charge is 0.480 e. The molecule has 0 heterocycles. The normalized spacial score (nSPS) is 12.9. The van der Waals surface area contributed by atoms with E-state index in [0.717, 1.165) is 22.3 Å². The minimum absolute atomic E-state index is 0.0671. The van der Waals surface area contributed by atoms with Crippen molar-refractivity contribution in [1.82, 2.24) is 5.32 Å². The van der Waals surface area contributed by atoms with Gasteiger partial charge in [-0.25, -0.2) is 9.59 Å². The molecule has 1 aliphatic carbocycles. The summed E-state index contributed by atoms with van der Waals surface area (Å²) in [6.07, 6.45) is -0.393. The molecule has 0 unspecified atom stereocenters. The predicted molar refractivity (Wildman–Crippen MR) is 137 cm³/mol. The molecule has 1 aliphatic rings. The number of amides is 2. The molecule has 7 nitrogen and oxygen atoms in total. The number of hydrogen-bond donors (Lipinski definition) is 3. The van der Waals surface area contributed by atoms with E-state index in [9.17, 15) is 19.5 Å². The summed E-state index contributed by atoms with van der Waals surface area (Å²) in [5.74, 6) is -1.73. The van der Waals surface area contributed by atoms with Crippen LogP contribution in [-0.4, -0.2) is 35.7 Å². The van der Waals surface area contributed by atoms with E-state index in [2.05, 4.69) is 38.7 Å². The quantitative estimate of drug-likeness (QED) is 0.358. The molecule has 35 heavy (non-hydrogen) atoms. The number of hydrogen-bond acceptors (Lipinski definition) is 4. The van der Waals surface area contributed by atoms with Crippen LogP contribution in [0.1, 0.15) is 46.3 Å². The average Bonchev–Trinajstić information content (AvgIpc) is 3.16. The Morgan fingerprint density at radius 1 is 1.03 bits per heavy atom. The highest BCUT2D eigenvalue weighted by Crippen LogP contribution is 2.44. The van der Waals surface area contributed by atoms with Crippen molar-refractivity contribution in [1.29, 1.82) is 0 Å². The van der Waals surface area contributed by atoms with Crippen LogP contribution in [0, 0.1) is 6.92 Å². The molecule has 3 aromatic carbocycles. The first kappa shape index (κ1) is 24.5. The summed E-state index contributed by atoms with van der Waals surface area (Å²) >= 11 is 3.35. The van der Waals surface area contributed by atoms with Gasteiger partial charge in [-0.1, -0.05) is 55.5 Å². The van der Waals surface area contributed by atoms with Crippen LogP contribution in [0.25, 0.3) is 11.1 Å². The van der Waals surface area contributed by atoms with Crippen LogP contribution < -0.4 is 10.6 Å². The lowest BCUT2D eigenvalue weighted by Gasteiger charge is -2.17. The molecule has 1 atom stereocenters. The summed E-state index contributed by atoms with van der Waals surface area (Å²) in [5.41, 5.74) is 5.84. The molecule has 0 aliphatic heterocycles. The van der Waals surface area contributed by atoms with Gasteiger partial charge in [0.25, 0.3) is 5.91 Å². The van der Waals surface area contributed by atoms with Gasteiger partial charge in [0.15, 0.2) is 0 Å². The molecule has 8 heteroatoms. The van der Waals surface area contributed by atoms with Crippen molar-refractivity contribution >= 4 is 39.6 Å². The zero-order valence-corrected chi connectivity index (χ0v) is 20.9. The van der Waals surface area contributed by atoms with Crippen LogP contribution in [0.3, 0.4) is 0 Å². The minimum Gasteiger partial charge on any atom is -0.480 e. The van der Waals surface area contributed by atoms with Gasteiger partial charge < -0.3 is 15.2 Å². The summed E-state index contributed by atoms with van der Waals surface area (Å²) < 4.78 is 6.09. The number of benzene rings is 3.